The Morgan fingerprint density at radius 2 is 2.23 bits per heavy atom. The number of fused-ring (bicyclic) bond motifs is 1. The number of nitro groups is 1. The van der Waals surface area contributed by atoms with Crippen molar-refractivity contribution in [3.63, 3.8) is 0 Å². The summed E-state index contributed by atoms with van der Waals surface area (Å²) in [6.07, 6.45) is 1.98. The van der Waals surface area contributed by atoms with E-state index in [0.717, 1.165) is 17.1 Å². The van der Waals surface area contributed by atoms with Crippen LogP contribution in [0.1, 0.15) is 15.6 Å². The van der Waals surface area contributed by atoms with E-state index in [9.17, 15) is 10.1 Å². The average Bonchev–Trinajstić information content (AvgIpc) is 3.02. The molecular weight excluding hydrogens is 304 g/mol. The summed E-state index contributed by atoms with van der Waals surface area (Å²) >= 11 is 1.68. The Balaban J connectivity index is 1.71. The molecular formula is C13H14N6O2S. The zero-order valence-electron chi connectivity index (χ0n) is 12.1. The Morgan fingerprint density at radius 1 is 1.41 bits per heavy atom. The molecule has 0 aliphatic heterocycles. The second-order valence-corrected chi connectivity index (χ2v) is 6.08. The molecule has 1 N–H and O–H groups in total. The highest BCUT2D eigenvalue weighted by Crippen LogP contribution is 2.17. The zero-order chi connectivity index (χ0) is 15.7. The lowest BCUT2D eigenvalue weighted by Crippen LogP contribution is -2.08. The Hall–Kier alpha value is -2.55. The van der Waals surface area contributed by atoms with Crippen molar-refractivity contribution in [3.05, 3.63) is 44.0 Å². The summed E-state index contributed by atoms with van der Waals surface area (Å²) in [5.74, 6) is 0.420. The van der Waals surface area contributed by atoms with Gasteiger partial charge in [-0.3, -0.25) is 0 Å². The van der Waals surface area contributed by atoms with Gasteiger partial charge >= 0.3 is 5.82 Å². The van der Waals surface area contributed by atoms with Crippen molar-refractivity contribution >= 4 is 28.6 Å². The molecule has 0 aromatic carbocycles. The number of rotatable bonds is 5. The summed E-state index contributed by atoms with van der Waals surface area (Å²) in [6, 6.07) is 3.45. The molecule has 3 aromatic heterocycles. The smallest absolute Gasteiger partial charge is 0.367 e. The van der Waals surface area contributed by atoms with E-state index in [0.29, 0.717) is 18.0 Å². The molecule has 0 bridgehead atoms. The standard InChI is InChI=1S/C13H14N6O2S/c1-8-9(2)22-12(16-8)5-6-14-10-3-4-11-15-7-13(19(20)21)18(11)17-10/h3-4,7H,5-6H2,1-2H3,(H,14,17). The lowest BCUT2D eigenvalue weighted by Gasteiger charge is -2.02. The van der Waals surface area contributed by atoms with Gasteiger partial charge < -0.3 is 15.4 Å². The number of nitrogens with zero attached hydrogens (tertiary/aromatic N) is 5. The van der Waals surface area contributed by atoms with Gasteiger partial charge in [-0.15, -0.1) is 11.3 Å². The van der Waals surface area contributed by atoms with Crippen LogP contribution in [0.2, 0.25) is 0 Å². The summed E-state index contributed by atoms with van der Waals surface area (Å²) in [5.41, 5.74) is 1.51. The van der Waals surface area contributed by atoms with Crippen LogP contribution in [-0.2, 0) is 6.42 Å². The number of imidazole rings is 1. The van der Waals surface area contributed by atoms with Gasteiger partial charge in [0.1, 0.15) is 6.20 Å². The number of aromatic nitrogens is 4. The van der Waals surface area contributed by atoms with Gasteiger partial charge in [0.2, 0.25) is 5.65 Å². The van der Waals surface area contributed by atoms with Crippen LogP contribution < -0.4 is 5.32 Å². The molecule has 0 aliphatic carbocycles. The number of anilines is 1. The first-order valence-corrected chi connectivity index (χ1v) is 7.52. The van der Waals surface area contributed by atoms with E-state index in [1.54, 1.807) is 23.5 Å². The third-order valence-corrected chi connectivity index (χ3v) is 4.38. The van der Waals surface area contributed by atoms with Gasteiger partial charge in [0, 0.05) is 23.9 Å². The molecule has 0 saturated carbocycles. The van der Waals surface area contributed by atoms with Crippen LogP contribution in [0.15, 0.2) is 18.3 Å². The molecule has 9 heteroatoms. The lowest BCUT2D eigenvalue weighted by atomic mass is 10.4. The van der Waals surface area contributed by atoms with Crippen LogP contribution in [0.25, 0.3) is 5.65 Å². The van der Waals surface area contributed by atoms with E-state index < -0.39 is 4.92 Å². The zero-order valence-corrected chi connectivity index (χ0v) is 12.9. The van der Waals surface area contributed by atoms with Gasteiger partial charge in [0.15, 0.2) is 5.82 Å². The SMILES string of the molecule is Cc1nc(CCNc2ccc3ncc([N+](=O)[O-])n3n2)sc1C. The van der Waals surface area contributed by atoms with Crippen molar-refractivity contribution in [1.82, 2.24) is 19.6 Å². The molecule has 0 spiro atoms. The topological polar surface area (TPSA) is 98.2 Å². The number of thiazole rings is 1. The minimum absolute atomic E-state index is 0.148. The van der Waals surface area contributed by atoms with Crippen molar-refractivity contribution in [2.75, 3.05) is 11.9 Å². The van der Waals surface area contributed by atoms with E-state index in [1.165, 1.54) is 15.6 Å². The third-order valence-electron chi connectivity index (χ3n) is 3.25. The Morgan fingerprint density at radius 3 is 2.91 bits per heavy atom. The fourth-order valence-electron chi connectivity index (χ4n) is 2.02. The maximum absolute atomic E-state index is 10.9. The number of nitrogens with one attached hydrogen (secondary N) is 1. The van der Waals surface area contributed by atoms with Crippen LogP contribution >= 0.6 is 11.3 Å². The Bertz CT molecular complexity index is 821. The van der Waals surface area contributed by atoms with E-state index in [4.69, 9.17) is 0 Å². The molecule has 114 valence electrons. The summed E-state index contributed by atoms with van der Waals surface area (Å²) in [6.45, 7) is 4.71. The van der Waals surface area contributed by atoms with Crippen LogP contribution in [0.4, 0.5) is 11.6 Å². The summed E-state index contributed by atoms with van der Waals surface area (Å²) in [4.78, 5) is 20.0. The molecule has 0 unspecified atom stereocenters. The molecule has 0 amide bonds. The van der Waals surface area contributed by atoms with Crippen molar-refractivity contribution < 1.29 is 4.92 Å². The van der Waals surface area contributed by atoms with Crippen molar-refractivity contribution in [3.8, 4) is 0 Å². The Labute approximate surface area is 130 Å². The van der Waals surface area contributed by atoms with E-state index in [1.807, 2.05) is 6.92 Å². The number of hydrogen-bond acceptors (Lipinski definition) is 7. The molecule has 0 aliphatic rings. The van der Waals surface area contributed by atoms with Gasteiger partial charge in [-0.25, -0.2) is 9.97 Å². The summed E-state index contributed by atoms with van der Waals surface area (Å²) in [7, 11) is 0. The highest BCUT2D eigenvalue weighted by molar-refractivity contribution is 7.11. The van der Waals surface area contributed by atoms with Gasteiger partial charge in [0.05, 0.1) is 10.7 Å². The predicted molar refractivity (Wildman–Crippen MR) is 83.4 cm³/mol. The molecule has 0 saturated heterocycles. The largest absolute Gasteiger partial charge is 0.368 e. The Kier molecular flexibility index (Phi) is 3.72. The van der Waals surface area contributed by atoms with Crippen LogP contribution in [0.3, 0.4) is 0 Å². The first kappa shape index (κ1) is 14.4. The fraction of sp³-hybridized carbons (Fsp3) is 0.308. The summed E-state index contributed by atoms with van der Waals surface area (Å²) < 4.78 is 1.22. The predicted octanol–water partition coefficient (Wildman–Crippen LogP) is 2.37. The molecule has 8 nitrogen and oxygen atoms in total. The van der Waals surface area contributed by atoms with Gasteiger partial charge in [-0.05, 0) is 24.8 Å². The van der Waals surface area contributed by atoms with Gasteiger partial charge in [-0.2, -0.15) is 0 Å². The number of aryl methyl sites for hydroxylation is 2. The first-order valence-electron chi connectivity index (χ1n) is 6.70. The molecule has 22 heavy (non-hydrogen) atoms. The van der Waals surface area contributed by atoms with Gasteiger partial charge in [-0.1, -0.05) is 9.61 Å². The molecule has 0 radical (unpaired) electrons. The highest BCUT2D eigenvalue weighted by Gasteiger charge is 2.15. The highest BCUT2D eigenvalue weighted by atomic mass is 32.1. The normalized spacial score (nSPS) is 11.0. The molecule has 0 atom stereocenters. The minimum Gasteiger partial charge on any atom is -0.367 e. The lowest BCUT2D eigenvalue weighted by molar-refractivity contribution is -0.391. The van der Waals surface area contributed by atoms with Crippen LogP contribution in [0, 0.1) is 24.0 Å². The van der Waals surface area contributed by atoms with E-state index in [-0.39, 0.29) is 5.82 Å². The maximum atomic E-state index is 10.9. The van der Waals surface area contributed by atoms with Crippen molar-refractivity contribution in [2.24, 2.45) is 0 Å². The van der Waals surface area contributed by atoms with Crippen molar-refractivity contribution in [2.45, 2.75) is 20.3 Å². The van der Waals surface area contributed by atoms with Crippen molar-refractivity contribution in [1.29, 1.82) is 0 Å². The molecule has 3 heterocycles. The molecule has 3 aromatic rings. The van der Waals surface area contributed by atoms with E-state index in [2.05, 4.69) is 27.3 Å². The quantitative estimate of drug-likeness (QED) is 0.573. The first-order chi connectivity index (χ1) is 10.5. The van der Waals surface area contributed by atoms with E-state index >= 15 is 0 Å². The van der Waals surface area contributed by atoms with Crippen LogP contribution in [-0.4, -0.2) is 31.1 Å². The third kappa shape index (κ3) is 2.75. The maximum Gasteiger partial charge on any atom is 0.368 e. The molecule has 0 fully saturated rings. The monoisotopic (exact) mass is 318 g/mol. The fourth-order valence-corrected chi connectivity index (χ4v) is 2.96. The number of hydrogen-bond donors (Lipinski definition) is 1. The average molecular weight is 318 g/mol. The van der Waals surface area contributed by atoms with Gasteiger partial charge in [0.25, 0.3) is 0 Å². The second-order valence-electron chi connectivity index (χ2n) is 4.79. The molecule has 3 rings (SSSR count). The second kappa shape index (κ2) is 5.68. The summed E-state index contributed by atoms with van der Waals surface area (Å²) in [5, 5.41) is 19.3. The minimum atomic E-state index is -0.502. The van der Waals surface area contributed by atoms with Crippen LogP contribution in [0.5, 0.6) is 0 Å².